The van der Waals surface area contributed by atoms with Gasteiger partial charge in [-0.2, -0.15) is 15.0 Å². The van der Waals surface area contributed by atoms with Crippen molar-refractivity contribution in [3.63, 3.8) is 0 Å². The Morgan fingerprint density at radius 3 is 2.54 bits per heavy atom. The first-order chi connectivity index (χ1) is 18.9. The van der Waals surface area contributed by atoms with Gasteiger partial charge in [-0.15, -0.1) is 0 Å². The maximum atomic E-state index is 11.4. The molecule has 5 heterocycles. The van der Waals surface area contributed by atoms with Crippen molar-refractivity contribution in [2.45, 2.75) is 76.0 Å². The smallest absolute Gasteiger partial charge is 0.244 e. The maximum Gasteiger partial charge on any atom is 0.244 e. The highest BCUT2D eigenvalue weighted by molar-refractivity contribution is 5.85. The first-order valence-electron chi connectivity index (χ1n) is 13.5. The van der Waals surface area contributed by atoms with Gasteiger partial charge in [0.2, 0.25) is 11.8 Å². The van der Waals surface area contributed by atoms with Gasteiger partial charge in [-0.1, -0.05) is 12.8 Å². The van der Waals surface area contributed by atoms with E-state index in [4.69, 9.17) is 25.7 Å². The Balaban J connectivity index is 1.08. The molecule has 39 heavy (non-hydrogen) atoms. The lowest BCUT2D eigenvalue weighted by molar-refractivity contribution is -0.00254. The van der Waals surface area contributed by atoms with Gasteiger partial charge in [-0.3, -0.25) is 9.36 Å². The van der Waals surface area contributed by atoms with Crippen LogP contribution in [0.3, 0.4) is 0 Å². The number of methoxy groups -OCH3 is 1. The quantitative estimate of drug-likeness (QED) is 0.173. The third-order valence-electron chi connectivity index (χ3n) is 7.58. The van der Waals surface area contributed by atoms with Gasteiger partial charge in [0.25, 0.3) is 0 Å². The molecule has 14 heteroatoms. The van der Waals surface area contributed by atoms with Gasteiger partial charge in [0.1, 0.15) is 23.8 Å². The fraction of sp³-hybridized carbons (Fsp3) is 0.640. The number of aliphatic imine (C=N–C) groups is 1. The zero-order valence-electron chi connectivity index (χ0n) is 22.7. The number of rotatable bonds is 10. The van der Waals surface area contributed by atoms with E-state index in [1.165, 1.54) is 0 Å². The number of ether oxygens (including phenoxy) is 3. The predicted molar refractivity (Wildman–Crippen MR) is 146 cm³/mol. The van der Waals surface area contributed by atoms with E-state index < -0.39 is 0 Å². The Bertz CT molecular complexity index is 1200. The summed E-state index contributed by atoms with van der Waals surface area (Å²) >= 11 is 0. The Labute approximate surface area is 227 Å². The van der Waals surface area contributed by atoms with Crippen molar-refractivity contribution in [1.29, 1.82) is 0 Å². The highest BCUT2D eigenvalue weighted by atomic mass is 16.5. The summed E-state index contributed by atoms with van der Waals surface area (Å²) in [5, 5.41) is 2.77. The lowest BCUT2D eigenvalue weighted by Crippen LogP contribution is -2.38. The molecular weight excluding hydrogens is 504 g/mol. The van der Waals surface area contributed by atoms with Gasteiger partial charge in [0, 0.05) is 14.1 Å². The van der Waals surface area contributed by atoms with Gasteiger partial charge in [0.05, 0.1) is 32.3 Å². The number of hydrogen-bond donors (Lipinski definition) is 3. The molecule has 2 aromatic rings. The van der Waals surface area contributed by atoms with Crippen molar-refractivity contribution in [3.05, 3.63) is 12.0 Å². The zero-order valence-corrected chi connectivity index (χ0v) is 22.7. The van der Waals surface area contributed by atoms with E-state index in [2.05, 4.69) is 35.1 Å². The summed E-state index contributed by atoms with van der Waals surface area (Å²) in [6.45, 7) is 0.654. The van der Waals surface area contributed by atoms with E-state index in [9.17, 15) is 4.79 Å². The van der Waals surface area contributed by atoms with Crippen LogP contribution in [0.15, 0.2) is 11.3 Å². The second-order valence-electron chi connectivity index (χ2n) is 10.2. The first-order valence-corrected chi connectivity index (χ1v) is 13.5. The van der Waals surface area contributed by atoms with E-state index in [0.717, 1.165) is 62.9 Å². The molecule has 4 unspecified atom stereocenters. The normalized spacial score (nSPS) is 24.8. The molecule has 0 bridgehead atoms. The Morgan fingerprint density at radius 1 is 1.18 bits per heavy atom. The minimum atomic E-state index is -0.212. The Kier molecular flexibility index (Phi) is 8.02. The first kappa shape index (κ1) is 26.9. The second kappa shape index (κ2) is 11.6. The number of hydrogen-bond acceptors (Lipinski definition) is 11. The Morgan fingerprint density at radius 2 is 1.87 bits per heavy atom. The van der Waals surface area contributed by atoms with E-state index in [-0.39, 0.29) is 42.3 Å². The van der Waals surface area contributed by atoms with Crippen LogP contribution in [0, 0.1) is 0 Å². The largest absolute Gasteiger partial charge is 0.479 e. The number of unbranched alkanes of at least 4 members (excludes halogenated alkanes) is 1. The van der Waals surface area contributed by atoms with Gasteiger partial charge in [-0.05, 0) is 38.5 Å². The molecule has 14 nitrogen and oxygen atoms in total. The zero-order chi connectivity index (χ0) is 27.5. The Hall–Kier alpha value is -3.65. The van der Waals surface area contributed by atoms with Crippen LogP contribution in [0.2, 0.25) is 0 Å². The maximum absolute atomic E-state index is 11.4. The van der Waals surface area contributed by atoms with Gasteiger partial charge in [0.15, 0.2) is 23.9 Å². The predicted octanol–water partition coefficient (Wildman–Crippen LogP) is 1.90. The molecule has 0 spiro atoms. The summed E-state index contributed by atoms with van der Waals surface area (Å²) in [4.78, 5) is 32.8. The van der Waals surface area contributed by atoms with Crippen molar-refractivity contribution < 1.29 is 19.0 Å². The lowest BCUT2D eigenvalue weighted by Gasteiger charge is -2.26. The fourth-order valence-electron chi connectivity index (χ4n) is 5.63. The number of nitrogen functional groups attached to an aromatic ring is 1. The molecule has 3 aliphatic rings. The molecule has 2 saturated heterocycles. The number of aldehydes is 1. The SMILES string of the molecule is CN/C(N)=N\c1c(C=O)ncn1C1CCC(CCCCC2CCC(N3CN(C)c4c(OC)nc(N)nc43)O2)O1. The molecule has 4 atom stereocenters. The molecule has 3 aliphatic heterocycles. The third kappa shape index (κ3) is 5.57. The lowest BCUT2D eigenvalue weighted by atomic mass is 10.0. The molecule has 212 valence electrons. The molecule has 0 amide bonds. The summed E-state index contributed by atoms with van der Waals surface area (Å²) in [5.74, 6) is 2.07. The van der Waals surface area contributed by atoms with Gasteiger partial charge in [-0.25, -0.2) is 4.98 Å². The number of fused-ring (bicyclic) bond motifs is 1. The summed E-state index contributed by atoms with van der Waals surface area (Å²) in [6.07, 6.45) is 10.2. The number of nitrogens with zero attached hydrogens (tertiary/aromatic N) is 7. The van der Waals surface area contributed by atoms with E-state index in [0.29, 0.717) is 24.7 Å². The average Bonchev–Trinajstić information content (AvgIpc) is 3.72. The van der Waals surface area contributed by atoms with E-state index >= 15 is 0 Å². The number of anilines is 3. The van der Waals surface area contributed by atoms with E-state index in [1.807, 2.05) is 7.05 Å². The topological polar surface area (TPSA) is 171 Å². The summed E-state index contributed by atoms with van der Waals surface area (Å²) in [6, 6.07) is 0. The van der Waals surface area contributed by atoms with Crippen LogP contribution < -0.4 is 31.3 Å². The van der Waals surface area contributed by atoms with E-state index in [1.54, 1.807) is 25.1 Å². The van der Waals surface area contributed by atoms with Crippen LogP contribution in [0.5, 0.6) is 5.88 Å². The number of carbonyl (C=O) groups is 1. The van der Waals surface area contributed by atoms with Crippen LogP contribution in [0.25, 0.3) is 0 Å². The van der Waals surface area contributed by atoms with Crippen molar-refractivity contribution in [1.82, 2.24) is 24.8 Å². The number of guanidine groups is 1. The van der Waals surface area contributed by atoms with Gasteiger partial charge >= 0.3 is 0 Å². The van der Waals surface area contributed by atoms with Crippen LogP contribution >= 0.6 is 0 Å². The molecular formula is C25H38N10O4. The number of aromatic nitrogens is 4. The molecule has 2 aromatic heterocycles. The van der Waals surface area contributed by atoms with Crippen molar-refractivity contribution in [3.8, 4) is 5.88 Å². The minimum Gasteiger partial charge on any atom is -0.479 e. The molecule has 0 aromatic carbocycles. The molecule has 0 radical (unpaired) electrons. The number of nitrogens with one attached hydrogen (secondary N) is 1. The summed E-state index contributed by atoms with van der Waals surface area (Å²) in [5.41, 5.74) is 12.8. The fourth-order valence-corrected chi connectivity index (χ4v) is 5.63. The van der Waals surface area contributed by atoms with Crippen LogP contribution in [-0.4, -0.2) is 78.1 Å². The third-order valence-corrected chi connectivity index (χ3v) is 7.58. The van der Waals surface area contributed by atoms with Crippen LogP contribution in [0.1, 0.15) is 68.1 Å². The van der Waals surface area contributed by atoms with Crippen molar-refractivity contribution in [2.24, 2.45) is 10.7 Å². The number of carbonyl (C=O) groups excluding carboxylic acids is 1. The second-order valence-corrected chi connectivity index (χ2v) is 10.2. The number of imidazole rings is 1. The molecule has 2 fully saturated rings. The van der Waals surface area contributed by atoms with Crippen molar-refractivity contribution >= 4 is 35.5 Å². The minimum absolute atomic E-state index is 0.0446. The summed E-state index contributed by atoms with van der Waals surface area (Å²) in [7, 11) is 5.25. The molecule has 5 N–H and O–H groups in total. The highest BCUT2D eigenvalue weighted by Crippen LogP contribution is 2.43. The van der Waals surface area contributed by atoms with Crippen LogP contribution in [-0.2, 0) is 9.47 Å². The average molecular weight is 543 g/mol. The van der Waals surface area contributed by atoms with Gasteiger partial charge < -0.3 is 40.8 Å². The van der Waals surface area contributed by atoms with Crippen molar-refractivity contribution in [2.75, 3.05) is 43.4 Å². The number of nitrogens with two attached hydrogens (primary N) is 2. The highest BCUT2D eigenvalue weighted by Gasteiger charge is 2.38. The molecule has 5 rings (SSSR count). The molecule has 0 saturated carbocycles. The summed E-state index contributed by atoms with van der Waals surface area (Å²) < 4.78 is 20.0. The monoisotopic (exact) mass is 542 g/mol. The standard InChI is InChI=1S/C25H38N10O4/c1-28-24(26)30-21-17(12-36)29-13-34(21)18-10-8-15(38-18)6-4-5-7-16-9-11-19(39-16)35-14-33(2)20-22(35)31-25(27)32-23(20)37-3/h12-13,15-16,18-19H,4-11,14H2,1-3H3,(H3,26,28,30)(H2,27,31,32). The molecule has 0 aliphatic carbocycles. The van der Waals surface area contributed by atoms with Crippen LogP contribution in [0.4, 0.5) is 23.3 Å².